The van der Waals surface area contributed by atoms with Crippen molar-refractivity contribution in [2.45, 2.75) is 32.6 Å². The minimum Gasteiger partial charge on any atom is -0.497 e. The van der Waals surface area contributed by atoms with Gasteiger partial charge in [0.15, 0.2) is 0 Å². The molecule has 2 N–H and O–H groups in total. The van der Waals surface area contributed by atoms with Gasteiger partial charge in [0.25, 0.3) is 5.91 Å². The van der Waals surface area contributed by atoms with Crippen molar-refractivity contribution in [3.05, 3.63) is 60.0 Å². The summed E-state index contributed by atoms with van der Waals surface area (Å²) < 4.78 is 6.95. The van der Waals surface area contributed by atoms with Gasteiger partial charge in [0.1, 0.15) is 17.1 Å². The Morgan fingerprint density at radius 3 is 2.79 bits per heavy atom. The van der Waals surface area contributed by atoms with Crippen LogP contribution in [0.4, 0.5) is 5.69 Å². The minimum absolute atomic E-state index is 0.0244. The Bertz CT molecular complexity index is 997. The maximum Gasteiger partial charge on any atom is 0.270 e. The number of benzene rings is 1. The molecule has 0 aliphatic rings. The van der Waals surface area contributed by atoms with E-state index in [2.05, 4.69) is 15.6 Å². The van der Waals surface area contributed by atoms with Crippen molar-refractivity contribution in [2.24, 2.45) is 0 Å². The van der Waals surface area contributed by atoms with Crippen LogP contribution in [0.3, 0.4) is 0 Å². The monoisotopic (exact) mass is 394 g/mol. The topological polar surface area (TPSA) is 84.7 Å². The van der Waals surface area contributed by atoms with Crippen LogP contribution in [0.15, 0.2) is 48.7 Å². The summed E-state index contributed by atoms with van der Waals surface area (Å²) in [6, 6.07) is 12.9. The van der Waals surface area contributed by atoms with Gasteiger partial charge in [0, 0.05) is 30.9 Å². The van der Waals surface area contributed by atoms with Crippen LogP contribution in [0.5, 0.6) is 5.75 Å². The summed E-state index contributed by atoms with van der Waals surface area (Å²) >= 11 is 0. The second-order valence-electron chi connectivity index (χ2n) is 6.82. The standard InChI is InChI=1S/C22H26N4O3/c1-16-21(26-14-7-5-11-19(26)24-16)22(28)23-13-6-3-4-12-20(27)25-17-9-8-10-18(15-17)29-2/h5,7-11,14-15H,3-4,6,12-13H2,1-2H3,(H,23,28)(H,25,27). The number of carbonyl (C=O) groups is 2. The number of amides is 2. The Morgan fingerprint density at radius 2 is 1.97 bits per heavy atom. The normalized spacial score (nSPS) is 10.7. The molecule has 3 aromatic rings. The second kappa shape index (κ2) is 9.73. The van der Waals surface area contributed by atoms with Gasteiger partial charge in [-0.3, -0.25) is 14.0 Å². The summed E-state index contributed by atoms with van der Waals surface area (Å²) in [5, 5.41) is 5.81. The van der Waals surface area contributed by atoms with Gasteiger partial charge in [0.05, 0.1) is 12.8 Å². The molecule has 29 heavy (non-hydrogen) atoms. The number of unbranched alkanes of at least 4 members (excludes halogenated alkanes) is 2. The zero-order chi connectivity index (χ0) is 20.6. The Balaban J connectivity index is 1.37. The first-order valence-corrected chi connectivity index (χ1v) is 9.74. The van der Waals surface area contributed by atoms with Crippen LogP contribution in [-0.2, 0) is 4.79 Å². The first-order chi connectivity index (χ1) is 14.1. The molecule has 2 amide bonds. The number of imidazole rings is 1. The number of rotatable bonds is 9. The number of hydrogen-bond donors (Lipinski definition) is 2. The number of ether oxygens (including phenoxy) is 1. The molecule has 2 heterocycles. The van der Waals surface area contributed by atoms with Crippen LogP contribution in [0, 0.1) is 6.92 Å². The van der Waals surface area contributed by atoms with Gasteiger partial charge in [0.2, 0.25) is 5.91 Å². The molecule has 0 unspecified atom stereocenters. The van der Waals surface area contributed by atoms with E-state index in [0.29, 0.717) is 30.1 Å². The SMILES string of the molecule is COc1cccc(NC(=O)CCCCCNC(=O)c2c(C)nc3ccccn23)c1. The van der Waals surface area contributed by atoms with E-state index in [9.17, 15) is 9.59 Å². The van der Waals surface area contributed by atoms with E-state index in [1.807, 2.05) is 49.5 Å². The molecule has 1 aromatic carbocycles. The zero-order valence-electron chi connectivity index (χ0n) is 16.8. The molecule has 0 atom stereocenters. The van der Waals surface area contributed by atoms with Crippen LogP contribution in [-0.4, -0.2) is 34.9 Å². The summed E-state index contributed by atoms with van der Waals surface area (Å²) in [5.74, 6) is 0.556. The highest BCUT2D eigenvalue weighted by Gasteiger charge is 2.15. The van der Waals surface area contributed by atoms with Crippen LogP contribution in [0.25, 0.3) is 5.65 Å². The molecule has 0 saturated heterocycles. The molecule has 7 heteroatoms. The number of methoxy groups -OCH3 is 1. The number of carbonyl (C=O) groups excluding carboxylic acids is 2. The number of aryl methyl sites for hydroxylation is 1. The third-order valence-electron chi connectivity index (χ3n) is 4.64. The third kappa shape index (κ3) is 5.34. The van der Waals surface area contributed by atoms with Crippen molar-refractivity contribution in [1.82, 2.24) is 14.7 Å². The third-order valence-corrected chi connectivity index (χ3v) is 4.64. The number of fused-ring (bicyclic) bond motifs is 1. The maximum atomic E-state index is 12.5. The Morgan fingerprint density at radius 1 is 1.10 bits per heavy atom. The molecular formula is C22H26N4O3. The van der Waals surface area contributed by atoms with Crippen molar-refractivity contribution >= 4 is 23.1 Å². The molecule has 0 saturated carbocycles. The number of hydrogen-bond acceptors (Lipinski definition) is 4. The fourth-order valence-electron chi connectivity index (χ4n) is 3.18. The highest BCUT2D eigenvalue weighted by atomic mass is 16.5. The highest BCUT2D eigenvalue weighted by Crippen LogP contribution is 2.17. The molecule has 0 spiro atoms. The molecule has 152 valence electrons. The van der Waals surface area contributed by atoms with Crippen LogP contribution in [0.2, 0.25) is 0 Å². The van der Waals surface area contributed by atoms with E-state index in [0.717, 1.165) is 30.6 Å². The summed E-state index contributed by atoms with van der Waals surface area (Å²) in [7, 11) is 1.59. The molecule has 0 aliphatic carbocycles. The van der Waals surface area contributed by atoms with E-state index < -0.39 is 0 Å². The van der Waals surface area contributed by atoms with Crippen molar-refractivity contribution in [3.8, 4) is 5.75 Å². The lowest BCUT2D eigenvalue weighted by Gasteiger charge is -2.08. The number of aromatic nitrogens is 2. The first-order valence-electron chi connectivity index (χ1n) is 9.74. The number of nitrogens with one attached hydrogen (secondary N) is 2. The van der Waals surface area contributed by atoms with Gasteiger partial charge in [-0.05, 0) is 44.0 Å². The van der Waals surface area contributed by atoms with Crippen LogP contribution < -0.4 is 15.4 Å². The van der Waals surface area contributed by atoms with Gasteiger partial charge >= 0.3 is 0 Å². The van der Waals surface area contributed by atoms with Crippen molar-refractivity contribution in [3.63, 3.8) is 0 Å². The Kier molecular flexibility index (Phi) is 6.84. The number of pyridine rings is 1. The van der Waals surface area contributed by atoms with Crippen LogP contribution in [0.1, 0.15) is 41.9 Å². The molecule has 7 nitrogen and oxygen atoms in total. The number of anilines is 1. The van der Waals surface area contributed by atoms with E-state index in [4.69, 9.17) is 4.74 Å². The van der Waals surface area contributed by atoms with Gasteiger partial charge in [-0.25, -0.2) is 4.98 Å². The fraction of sp³-hybridized carbons (Fsp3) is 0.318. The molecule has 0 aliphatic heterocycles. The van der Waals surface area contributed by atoms with Gasteiger partial charge in [-0.15, -0.1) is 0 Å². The van der Waals surface area contributed by atoms with Crippen molar-refractivity contribution in [1.29, 1.82) is 0 Å². The van der Waals surface area contributed by atoms with Gasteiger partial charge < -0.3 is 15.4 Å². The summed E-state index contributed by atoms with van der Waals surface area (Å²) in [4.78, 5) is 28.9. The maximum absolute atomic E-state index is 12.5. The van der Waals surface area contributed by atoms with Crippen LogP contribution >= 0.6 is 0 Å². The zero-order valence-corrected chi connectivity index (χ0v) is 16.8. The average molecular weight is 394 g/mol. The summed E-state index contributed by atoms with van der Waals surface area (Å²) in [6.45, 7) is 2.40. The fourth-order valence-corrected chi connectivity index (χ4v) is 3.18. The lowest BCUT2D eigenvalue weighted by molar-refractivity contribution is -0.116. The Hall–Kier alpha value is -3.35. The van der Waals surface area contributed by atoms with Gasteiger partial charge in [-0.1, -0.05) is 18.6 Å². The predicted molar refractivity (Wildman–Crippen MR) is 112 cm³/mol. The molecule has 0 bridgehead atoms. The average Bonchev–Trinajstić information content (AvgIpc) is 3.06. The smallest absolute Gasteiger partial charge is 0.270 e. The van der Waals surface area contributed by atoms with E-state index in [1.165, 1.54) is 0 Å². The quantitative estimate of drug-likeness (QED) is 0.543. The second-order valence-corrected chi connectivity index (χ2v) is 6.82. The molecule has 0 fully saturated rings. The van der Waals surface area contributed by atoms with E-state index >= 15 is 0 Å². The summed E-state index contributed by atoms with van der Waals surface area (Å²) in [6.07, 6.45) is 4.72. The molecule has 0 radical (unpaired) electrons. The van der Waals surface area contributed by atoms with Crippen molar-refractivity contribution in [2.75, 3.05) is 19.0 Å². The molecular weight excluding hydrogens is 368 g/mol. The largest absolute Gasteiger partial charge is 0.497 e. The molecule has 3 rings (SSSR count). The minimum atomic E-state index is -0.128. The van der Waals surface area contributed by atoms with Gasteiger partial charge in [-0.2, -0.15) is 0 Å². The molecule has 2 aromatic heterocycles. The number of nitrogens with zero attached hydrogens (tertiary/aromatic N) is 2. The predicted octanol–water partition coefficient (Wildman–Crippen LogP) is 3.58. The lowest BCUT2D eigenvalue weighted by Crippen LogP contribution is -2.26. The van der Waals surface area contributed by atoms with E-state index in [1.54, 1.807) is 17.6 Å². The Labute approximate surface area is 170 Å². The lowest BCUT2D eigenvalue weighted by atomic mass is 10.2. The first kappa shape index (κ1) is 20.4. The van der Waals surface area contributed by atoms with E-state index in [-0.39, 0.29) is 11.8 Å². The summed E-state index contributed by atoms with van der Waals surface area (Å²) in [5.41, 5.74) is 2.77. The highest BCUT2D eigenvalue weighted by molar-refractivity contribution is 5.94. The van der Waals surface area contributed by atoms with Crippen molar-refractivity contribution < 1.29 is 14.3 Å².